The van der Waals surface area contributed by atoms with Crippen LogP contribution in [-0.2, 0) is 22.4 Å². The van der Waals surface area contributed by atoms with Crippen molar-refractivity contribution in [1.82, 2.24) is 19.9 Å². The fourth-order valence-corrected chi connectivity index (χ4v) is 5.04. The number of unbranched alkanes of at least 4 members (excludes halogenated alkanes) is 1. The number of morpholine rings is 1. The van der Waals surface area contributed by atoms with Crippen LogP contribution in [0.25, 0.3) is 11.4 Å². The van der Waals surface area contributed by atoms with Gasteiger partial charge in [0.15, 0.2) is 5.82 Å². The summed E-state index contributed by atoms with van der Waals surface area (Å²) in [5, 5.41) is 3.36. The zero-order valence-electron chi connectivity index (χ0n) is 25.4. The van der Waals surface area contributed by atoms with Crippen molar-refractivity contribution in [3.05, 3.63) is 53.7 Å². The molecule has 1 aromatic carbocycles. The van der Waals surface area contributed by atoms with E-state index in [2.05, 4.69) is 29.0 Å². The average molecular weight is 575 g/mol. The van der Waals surface area contributed by atoms with Crippen LogP contribution in [0.2, 0.25) is 0 Å². The zero-order chi connectivity index (χ0) is 29.7. The first-order chi connectivity index (χ1) is 20.2. The minimum absolute atomic E-state index is 0.190. The third-order valence-corrected chi connectivity index (χ3v) is 7.22. The van der Waals surface area contributed by atoms with E-state index in [1.54, 1.807) is 4.90 Å². The number of fused-ring (bicyclic) bond motifs is 1. The Morgan fingerprint density at radius 1 is 1.10 bits per heavy atom. The predicted octanol–water partition coefficient (Wildman–Crippen LogP) is 5.98. The van der Waals surface area contributed by atoms with Crippen molar-refractivity contribution in [2.24, 2.45) is 0 Å². The number of amides is 1. The minimum Gasteiger partial charge on any atom is -0.478 e. The van der Waals surface area contributed by atoms with Gasteiger partial charge in [0.2, 0.25) is 5.88 Å². The van der Waals surface area contributed by atoms with Gasteiger partial charge in [-0.2, -0.15) is 4.98 Å². The first-order valence-corrected chi connectivity index (χ1v) is 14.9. The van der Waals surface area contributed by atoms with Crippen molar-refractivity contribution in [3.63, 3.8) is 0 Å². The summed E-state index contributed by atoms with van der Waals surface area (Å²) in [5.41, 5.74) is 3.18. The number of rotatable bonds is 8. The topological polar surface area (TPSA) is 102 Å². The molecule has 0 spiro atoms. The van der Waals surface area contributed by atoms with E-state index in [1.807, 2.05) is 63.2 Å². The second kappa shape index (κ2) is 12.9. The van der Waals surface area contributed by atoms with Gasteiger partial charge in [-0.15, -0.1) is 0 Å². The van der Waals surface area contributed by atoms with Crippen LogP contribution in [-0.4, -0.2) is 70.5 Å². The molecule has 2 aliphatic rings. The molecule has 1 saturated heterocycles. The number of carbonyl (C=O) groups excluding carboxylic acids is 1. The van der Waals surface area contributed by atoms with E-state index in [4.69, 9.17) is 24.2 Å². The molecule has 224 valence electrons. The number of hydrogen-bond acceptors (Lipinski definition) is 9. The Balaban J connectivity index is 1.40. The van der Waals surface area contributed by atoms with Crippen LogP contribution >= 0.6 is 0 Å². The van der Waals surface area contributed by atoms with Crippen LogP contribution in [0.5, 0.6) is 5.88 Å². The lowest BCUT2D eigenvalue weighted by Crippen LogP contribution is -2.46. The number of anilines is 3. The number of nitrogens with zero attached hydrogens (tertiary/aromatic N) is 5. The molecule has 1 N–H and O–H groups in total. The highest BCUT2D eigenvalue weighted by atomic mass is 16.6. The number of ether oxygens (including phenoxy) is 3. The van der Waals surface area contributed by atoms with E-state index in [0.717, 1.165) is 47.7 Å². The van der Waals surface area contributed by atoms with Gasteiger partial charge in [-0.05, 0) is 70.9 Å². The number of nitrogens with one attached hydrogen (secondary N) is 1. The summed E-state index contributed by atoms with van der Waals surface area (Å²) in [6.07, 6.45) is 2.42. The quantitative estimate of drug-likeness (QED) is 0.326. The zero-order valence-corrected chi connectivity index (χ0v) is 25.4. The Bertz CT molecular complexity index is 1370. The van der Waals surface area contributed by atoms with Crippen molar-refractivity contribution < 1.29 is 19.0 Å². The van der Waals surface area contributed by atoms with Crippen LogP contribution in [0, 0.1) is 0 Å². The lowest BCUT2D eigenvalue weighted by Gasteiger charge is -2.38. The average Bonchev–Trinajstić information content (AvgIpc) is 2.96. The maximum absolute atomic E-state index is 12.9. The molecule has 1 amide bonds. The molecule has 0 radical (unpaired) electrons. The number of aromatic nitrogens is 3. The molecule has 0 saturated carbocycles. The molecule has 1 fully saturated rings. The first-order valence-electron chi connectivity index (χ1n) is 14.9. The van der Waals surface area contributed by atoms with Crippen LogP contribution < -0.4 is 15.0 Å². The maximum atomic E-state index is 12.9. The van der Waals surface area contributed by atoms with Gasteiger partial charge in [0.25, 0.3) is 0 Å². The van der Waals surface area contributed by atoms with Crippen molar-refractivity contribution in [2.45, 2.75) is 72.1 Å². The largest absolute Gasteiger partial charge is 0.478 e. The fraction of sp³-hybridized carbons (Fsp3) is 0.500. The van der Waals surface area contributed by atoms with Crippen LogP contribution in [0.15, 0.2) is 42.5 Å². The molecule has 2 aromatic heterocycles. The summed E-state index contributed by atoms with van der Waals surface area (Å²) in [6.45, 7) is 13.6. The van der Waals surface area contributed by atoms with E-state index < -0.39 is 5.60 Å². The molecular formula is C32H42N6O4. The van der Waals surface area contributed by atoms with Crippen molar-refractivity contribution in [2.75, 3.05) is 43.1 Å². The van der Waals surface area contributed by atoms with Gasteiger partial charge in [-0.1, -0.05) is 19.4 Å². The van der Waals surface area contributed by atoms with Gasteiger partial charge in [-0.25, -0.2) is 14.8 Å². The highest BCUT2D eigenvalue weighted by Gasteiger charge is 2.32. The number of hydrogen-bond donors (Lipinski definition) is 1. The standard InChI is InChI=1S/C32H42N6O4/c1-6-7-18-41-28-10-8-9-27(35-28)33-24-13-11-23(12-14-24)29-34-26-20-37(31(39)42-32(3,4)5)16-15-25(26)30(36-29)38-17-19-40-21-22(38)2/h8-14,22H,6-7,15-21H2,1-5H3,(H,33,35)/t22-/m0/s1. The third-order valence-electron chi connectivity index (χ3n) is 7.22. The summed E-state index contributed by atoms with van der Waals surface area (Å²) in [4.78, 5) is 31.6. The normalized spacial score (nSPS) is 17.0. The Morgan fingerprint density at radius 2 is 1.90 bits per heavy atom. The molecule has 4 heterocycles. The lowest BCUT2D eigenvalue weighted by molar-refractivity contribution is 0.0220. The highest BCUT2D eigenvalue weighted by Crippen LogP contribution is 2.32. The van der Waals surface area contributed by atoms with Crippen LogP contribution in [0.4, 0.5) is 22.1 Å². The molecule has 1 atom stereocenters. The monoisotopic (exact) mass is 574 g/mol. The summed E-state index contributed by atoms with van der Waals surface area (Å²) in [5.74, 6) is 2.89. The second-order valence-electron chi connectivity index (χ2n) is 11.8. The maximum Gasteiger partial charge on any atom is 0.410 e. The third kappa shape index (κ3) is 7.28. The molecule has 0 unspecified atom stereocenters. The second-order valence-corrected chi connectivity index (χ2v) is 11.8. The minimum atomic E-state index is -0.558. The Morgan fingerprint density at radius 3 is 2.64 bits per heavy atom. The van der Waals surface area contributed by atoms with E-state index >= 15 is 0 Å². The Hall–Kier alpha value is -3.92. The van der Waals surface area contributed by atoms with E-state index in [0.29, 0.717) is 56.9 Å². The fourth-order valence-electron chi connectivity index (χ4n) is 5.04. The molecule has 0 aliphatic carbocycles. The molecule has 2 aliphatic heterocycles. The van der Waals surface area contributed by atoms with E-state index in [1.165, 1.54) is 0 Å². The van der Waals surface area contributed by atoms with Crippen molar-refractivity contribution >= 4 is 23.4 Å². The molecular weight excluding hydrogens is 532 g/mol. The van der Waals surface area contributed by atoms with Gasteiger partial charge in [0.05, 0.1) is 38.1 Å². The summed E-state index contributed by atoms with van der Waals surface area (Å²) in [7, 11) is 0. The Kier molecular flexibility index (Phi) is 9.11. The van der Waals surface area contributed by atoms with Gasteiger partial charge in [-0.3, -0.25) is 0 Å². The highest BCUT2D eigenvalue weighted by molar-refractivity contribution is 5.70. The van der Waals surface area contributed by atoms with Crippen molar-refractivity contribution in [1.29, 1.82) is 0 Å². The first kappa shape index (κ1) is 29.6. The van der Waals surface area contributed by atoms with E-state index in [-0.39, 0.29) is 12.1 Å². The van der Waals surface area contributed by atoms with Crippen molar-refractivity contribution in [3.8, 4) is 17.3 Å². The molecule has 42 heavy (non-hydrogen) atoms. The SMILES string of the molecule is CCCCOc1cccc(Nc2ccc(-c3nc4c(c(N5CCOC[C@@H]5C)n3)CCN(C(=O)OC(C)(C)C)C4)cc2)n1. The molecule has 10 heteroatoms. The molecule has 3 aromatic rings. The van der Waals surface area contributed by atoms with Gasteiger partial charge in [0.1, 0.15) is 17.2 Å². The molecule has 10 nitrogen and oxygen atoms in total. The Labute approximate surface area is 248 Å². The number of benzene rings is 1. The smallest absolute Gasteiger partial charge is 0.410 e. The summed E-state index contributed by atoms with van der Waals surface area (Å²) in [6, 6.07) is 13.9. The van der Waals surface area contributed by atoms with Crippen LogP contribution in [0.1, 0.15) is 58.7 Å². The number of carbonyl (C=O) groups is 1. The van der Waals surface area contributed by atoms with Gasteiger partial charge in [0, 0.05) is 36.0 Å². The summed E-state index contributed by atoms with van der Waals surface area (Å²) >= 11 is 0. The van der Waals surface area contributed by atoms with Crippen LogP contribution in [0.3, 0.4) is 0 Å². The van der Waals surface area contributed by atoms with Gasteiger partial charge >= 0.3 is 6.09 Å². The van der Waals surface area contributed by atoms with E-state index in [9.17, 15) is 4.79 Å². The lowest BCUT2D eigenvalue weighted by atomic mass is 10.0. The predicted molar refractivity (Wildman–Crippen MR) is 163 cm³/mol. The number of pyridine rings is 1. The van der Waals surface area contributed by atoms with Gasteiger partial charge < -0.3 is 29.3 Å². The summed E-state index contributed by atoms with van der Waals surface area (Å²) < 4.78 is 17.1. The molecule has 0 bridgehead atoms. The molecule has 5 rings (SSSR count).